The van der Waals surface area contributed by atoms with Crippen molar-refractivity contribution in [3.8, 4) is 0 Å². The summed E-state index contributed by atoms with van der Waals surface area (Å²) < 4.78 is 6.77. The summed E-state index contributed by atoms with van der Waals surface area (Å²) in [7, 11) is 0. The van der Waals surface area contributed by atoms with Gasteiger partial charge in [-0.1, -0.05) is 0 Å². The summed E-state index contributed by atoms with van der Waals surface area (Å²) in [5, 5.41) is 38.5. The van der Waals surface area contributed by atoms with E-state index in [9.17, 15) is 15.3 Å². The quantitative estimate of drug-likeness (QED) is 0.402. The Kier molecular flexibility index (Phi) is 3.89. The zero-order valence-electron chi connectivity index (χ0n) is 11.1. The second-order valence-electron chi connectivity index (χ2n) is 4.92. The smallest absolute Gasteiger partial charge is 0.226 e. The number of nitrogens with zero attached hydrogens (tertiary/aromatic N) is 4. The molecule has 2 aromatic heterocycles. The molecular formula is C11H14ClN5O5. The van der Waals surface area contributed by atoms with E-state index in [1.54, 1.807) is 0 Å². The van der Waals surface area contributed by atoms with Crippen LogP contribution >= 0.6 is 11.6 Å². The summed E-state index contributed by atoms with van der Waals surface area (Å²) in [6, 6.07) is 0. The van der Waals surface area contributed by atoms with Gasteiger partial charge in [-0.3, -0.25) is 4.57 Å². The van der Waals surface area contributed by atoms with Crippen LogP contribution < -0.4 is 5.73 Å². The minimum absolute atomic E-state index is 0.0636. The predicted molar refractivity (Wildman–Crippen MR) is 73.8 cm³/mol. The molecule has 6 N–H and O–H groups in total. The van der Waals surface area contributed by atoms with E-state index in [0.29, 0.717) is 0 Å². The van der Waals surface area contributed by atoms with Gasteiger partial charge < -0.3 is 30.9 Å². The van der Waals surface area contributed by atoms with Gasteiger partial charge in [0, 0.05) is 0 Å². The number of nitrogens with two attached hydrogens (primary N) is 1. The fourth-order valence-corrected chi connectivity index (χ4v) is 2.61. The number of ether oxygens (including phenoxy) is 1. The highest BCUT2D eigenvalue weighted by Gasteiger charge is 2.47. The summed E-state index contributed by atoms with van der Waals surface area (Å²) in [4.78, 5) is 11.8. The number of hydrogen-bond donors (Lipinski definition) is 5. The molecule has 11 heteroatoms. The topological polar surface area (TPSA) is 160 Å². The third-order valence-corrected chi connectivity index (χ3v) is 3.71. The van der Waals surface area contributed by atoms with E-state index >= 15 is 0 Å². The van der Waals surface area contributed by atoms with E-state index in [0.717, 1.165) is 0 Å². The van der Waals surface area contributed by atoms with Crippen LogP contribution in [0.15, 0.2) is 6.33 Å². The summed E-state index contributed by atoms with van der Waals surface area (Å²) in [6.07, 6.45) is -5.01. The summed E-state index contributed by atoms with van der Waals surface area (Å²) >= 11 is 5.76. The molecule has 0 amide bonds. The summed E-state index contributed by atoms with van der Waals surface area (Å²) in [5.41, 5.74) is 6.17. The molecule has 0 unspecified atom stereocenters. The average molecular weight is 332 g/mol. The third kappa shape index (κ3) is 2.29. The maximum atomic E-state index is 10.1. The van der Waals surface area contributed by atoms with Gasteiger partial charge in [-0.2, -0.15) is 9.97 Å². The van der Waals surface area contributed by atoms with E-state index in [-0.39, 0.29) is 22.3 Å². The van der Waals surface area contributed by atoms with Crippen molar-refractivity contribution >= 4 is 28.6 Å². The molecule has 1 fully saturated rings. The van der Waals surface area contributed by atoms with Crippen LogP contribution in [0, 0.1) is 0 Å². The lowest BCUT2D eigenvalue weighted by molar-refractivity contribution is -0.0962. The van der Waals surface area contributed by atoms with Crippen molar-refractivity contribution in [1.82, 2.24) is 19.5 Å². The maximum absolute atomic E-state index is 10.1. The van der Waals surface area contributed by atoms with Crippen LogP contribution in [0.5, 0.6) is 0 Å². The van der Waals surface area contributed by atoms with Gasteiger partial charge in [-0.25, -0.2) is 4.98 Å². The number of hydrogen-bond acceptors (Lipinski definition) is 9. The standard InChI is InChI=1S/C11H14ClN5O5/c12-11-15-8(13)4-9(16-11)17(2-14-4)10-6(21)5(20)7(22-10)3(19)1-18/h2-3,5-7,10,18-21H,1H2,(H2,13,15,16)/t3-,5+,6-,7-,10-/m1/s1. The van der Waals surface area contributed by atoms with E-state index in [1.165, 1.54) is 10.9 Å². The van der Waals surface area contributed by atoms with Gasteiger partial charge in [0.15, 0.2) is 17.7 Å². The lowest BCUT2D eigenvalue weighted by Gasteiger charge is -2.18. The van der Waals surface area contributed by atoms with Gasteiger partial charge >= 0.3 is 0 Å². The van der Waals surface area contributed by atoms with Crippen LogP contribution in [-0.2, 0) is 4.74 Å². The van der Waals surface area contributed by atoms with Crippen LogP contribution in [0.25, 0.3) is 11.2 Å². The molecule has 0 aromatic carbocycles. The normalized spacial score (nSPS) is 30.0. The van der Waals surface area contributed by atoms with Gasteiger partial charge in [0.2, 0.25) is 5.28 Å². The highest BCUT2D eigenvalue weighted by molar-refractivity contribution is 6.28. The number of nitrogen functional groups attached to an aromatic ring is 1. The summed E-state index contributed by atoms with van der Waals surface area (Å²) in [6.45, 7) is -0.618. The van der Waals surface area contributed by atoms with E-state index in [1.807, 2.05) is 0 Å². The first-order chi connectivity index (χ1) is 10.4. The molecule has 0 radical (unpaired) electrons. The fourth-order valence-electron chi connectivity index (χ4n) is 2.43. The monoisotopic (exact) mass is 331 g/mol. The van der Waals surface area contributed by atoms with Crippen molar-refractivity contribution in [3.05, 3.63) is 11.6 Å². The second kappa shape index (κ2) is 5.57. The highest BCUT2D eigenvalue weighted by Crippen LogP contribution is 2.33. The largest absolute Gasteiger partial charge is 0.394 e. The molecule has 5 atom stereocenters. The molecule has 0 aliphatic carbocycles. The molecule has 10 nitrogen and oxygen atoms in total. The molecule has 0 saturated carbocycles. The van der Waals surface area contributed by atoms with E-state index in [4.69, 9.17) is 27.2 Å². The van der Waals surface area contributed by atoms with Crippen molar-refractivity contribution in [3.63, 3.8) is 0 Å². The highest BCUT2D eigenvalue weighted by atomic mass is 35.5. The average Bonchev–Trinajstić information content (AvgIpc) is 3.01. The van der Waals surface area contributed by atoms with Crippen LogP contribution in [0.4, 0.5) is 5.82 Å². The van der Waals surface area contributed by atoms with Crippen LogP contribution in [-0.4, -0.2) is 71.0 Å². The second-order valence-corrected chi connectivity index (χ2v) is 5.26. The number of halogens is 1. The number of aliphatic hydroxyl groups is 4. The molecule has 120 valence electrons. The number of imidazole rings is 1. The molecule has 3 heterocycles. The zero-order valence-corrected chi connectivity index (χ0v) is 11.9. The minimum Gasteiger partial charge on any atom is -0.394 e. The van der Waals surface area contributed by atoms with Gasteiger partial charge in [-0.05, 0) is 11.6 Å². The van der Waals surface area contributed by atoms with Gasteiger partial charge in [0.25, 0.3) is 0 Å². The van der Waals surface area contributed by atoms with Crippen LogP contribution in [0.1, 0.15) is 6.23 Å². The number of rotatable bonds is 3. The van der Waals surface area contributed by atoms with Crippen molar-refractivity contribution in [2.45, 2.75) is 30.6 Å². The Morgan fingerprint density at radius 3 is 2.77 bits per heavy atom. The SMILES string of the molecule is Nc1nc(Cl)nc2c1ncn2[C@@H]1O[C@H]([C@H](O)CO)[C@@H](O)[C@H]1O. The summed E-state index contributed by atoms with van der Waals surface area (Å²) in [5.74, 6) is 0.0636. The molecule has 3 rings (SSSR count). The lowest BCUT2D eigenvalue weighted by Crippen LogP contribution is -2.40. The van der Waals surface area contributed by atoms with E-state index < -0.39 is 37.3 Å². The maximum Gasteiger partial charge on any atom is 0.226 e. The molecule has 1 aliphatic rings. The Morgan fingerprint density at radius 1 is 1.36 bits per heavy atom. The molecule has 1 saturated heterocycles. The zero-order chi connectivity index (χ0) is 16.0. The first kappa shape index (κ1) is 15.3. The molecule has 2 aromatic rings. The number of aromatic nitrogens is 4. The van der Waals surface area contributed by atoms with Crippen molar-refractivity contribution in [2.75, 3.05) is 12.3 Å². The molecule has 0 bridgehead atoms. The predicted octanol–water partition coefficient (Wildman–Crippen LogP) is -1.97. The van der Waals surface area contributed by atoms with E-state index in [2.05, 4.69) is 15.0 Å². The Balaban J connectivity index is 2.01. The Bertz CT molecular complexity index is 697. The van der Waals surface area contributed by atoms with Crippen molar-refractivity contribution in [1.29, 1.82) is 0 Å². The number of fused-ring (bicyclic) bond motifs is 1. The number of anilines is 1. The van der Waals surface area contributed by atoms with Gasteiger partial charge in [-0.15, -0.1) is 0 Å². The Labute approximate surface area is 128 Å². The molecule has 0 spiro atoms. The molecule has 1 aliphatic heterocycles. The van der Waals surface area contributed by atoms with Crippen LogP contribution in [0.3, 0.4) is 0 Å². The molecular weight excluding hydrogens is 318 g/mol. The first-order valence-electron chi connectivity index (χ1n) is 6.40. The first-order valence-corrected chi connectivity index (χ1v) is 6.78. The molecule has 22 heavy (non-hydrogen) atoms. The Morgan fingerprint density at radius 2 is 2.09 bits per heavy atom. The minimum atomic E-state index is -1.39. The number of aliphatic hydroxyl groups excluding tert-OH is 4. The van der Waals surface area contributed by atoms with Crippen molar-refractivity contribution in [2.24, 2.45) is 0 Å². The van der Waals surface area contributed by atoms with Crippen molar-refractivity contribution < 1.29 is 25.2 Å². The fraction of sp³-hybridized carbons (Fsp3) is 0.545. The third-order valence-electron chi connectivity index (χ3n) is 3.54. The van der Waals surface area contributed by atoms with Crippen LogP contribution in [0.2, 0.25) is 5.28 Å². The van der Waals surface area contributed by atoms with Gasteiger partial charge in [0.05, 0.1) is 12.9 Å². The Hall–Kier alpha value is -1.56. The van der Waals surface area contributed by atoms with Gasteiger partial charge in [0.1, 0.15) is 29.9 Å². The lowest BCUT2D eigenvalue weighted by atomic mass is 10.1.